The molecule has 0 unspecified atom stereocenters. The molecule has 0 aliphatic rings. The van der Waals surface area contributed by atoms with Crippen LogP contribution in [0.5, 0.6) is 0 Å². The highest BCUT2D eigenvalue weighted by Crippen LogP contribution is 2.13. The second-order valence-corrected chi connectivity index (χ2v) is 15.1. The Morgan fingerprint density at radius 1 is 0.356 bits per heavy atom. The van der Waals surface area contributed by atoms with Crippen molar-refractivity contribution < 1.29 is 16.9 Å². The van der Waals surface area contributed by atoms with E-state index < -0.39 is 0 Å². The Balaban J connectivity index is 0. The van der Waals surface area contributed by atoms with Crippen LogP contribution < -0.4 is 12.4 Å². The van der Waals surface area contributed by atoms with E-state index in [0.717, 1.165) is 4.48 Å². The van der Waals surface area contributed by atoms with E-state index in [4.69, 9.17) is 0 Å². The average molecular weight is 654 g/mol. The standard InChI is InChI=1S/C42H85N2.ClH/c1-6-8-10-12-14-16-18-20-22-24-26-28-30-32-34-36-39-43(41-38-42-44(3,4)5)40-37-35-33-31-29-27-25-23-21-19-17-15-13-11-9-7-2;/h20-23H,6-19,24-42H2,1-5H3;1H/q+1;/p-1/b22-20-,23-21-;. The number of halogens is 1. The third kappa shape index (κ3) is 41.7. The van der Waals surface area contributed by atoms with E-state index in [1.807, 2.05) is 0 Å². The molecule has 0 fully saturated rings. The van der Waals surface area contributed by atoms with Crippen LogP contribution in [-0.4, -0.2) is 56.7 Å². The maximum Gasteiger partial charge on any atom is 0.0792 e. The minimum Gasteiger partial charge on any atom is -1.00 e. The largest absolute Gasteiger partial charge is 1.00 e. The molecule has 0 saturated carbocycles. The number of allylic oxidation sites excluding steroid dienone is 4. The Labute approximate surface area is 292 Å². The highest BCUT2D eigenvalue weighted by Gasteiger charge is 2.10. The second-order valence-electron chi connectivity index (χ2n) is 15.1. The van der Waals surface area contributed by atoms with E-state index in [-0.39, 0.29) is 12.4 Å². The van der Waals surface area contributed by atoms with Crippen molar-refractivity contribution in [3.05, 3.63) is 24.3 Å². The first-order chi connectivity index (χ1) is 21.5. The molecule has 0 saturated heterocycles. The lowest BCUT2D eigenvalue weighted by atomic mass is 10.1. The summed E-state index contributed by atoms with van der Waals surface area (Å²) in [6.07, 6.45) is 50.3. The van der Waals surface area contributed by atoms with E-state index >= 15 is 0 Å². The van der Waals surface area contributed by atoms with Crippen molar-refractivity contribution >= 4 is 0 Å². The van der Waals surface area contributed by atoms with Crippen molar-refractivity contribution in [2.45, 2.75) is 200 Å². The molecule has 0 radical (unpaired) electrons. The maximum atomic E-state index is 2.80. The number of nitrogens with zero attached hydrogens (tertiary/aromatic N) is 2. The Morgan fingerprint density at radius 2 is 0.622 bits per heavy atom. The molecule has 0 rings (SSSR count). The van der Waals surface area contributed by atoms with E-state index in [1.165, 1.54) is 212 Å². The molecule has 0 bridgehead atoms. The summed E-state index contributed by atoms with van der Waals surface area (Å²) >= 11 is 0. The number of rotatable bonds is 36. The first kappa shape index (κ1) is 46.8. The van der Waals surface area contributed by atoms with Crippen molar-refractivity contribution in [1.29, 1.82) is 0 Å². The monoisotopic (exact) mass is 653 g/mol. The number of hydrogen-bond donors (Lipinski definition) is 0. The molecule has 0 heterocycles. The number of unbranched alkanes of at least 4 members (excludes halogenated alkanes) is 24. The molecule has 0 aliphatic carbocycles. The summed E-state index contributed by atoms with van der Waals surface area (Å²) < 4.78 is 1.09. The zero-order valence-corrected chi connectivity index (χ0v) is 32.7. The molecule has 3 heteroatoms. The smallest absolute Gasteiger partial charge is 0.0792 e. The normalized spacial score (nSPS) is 12.2. The van der Waals surface area contributed by atoms with E-state index in [1.54, 1.807) is 0 Å². The lowest BCUT2D eigenvalue weighted by Crippen LogP contribution is -3.00. The van der Waals surface area contributed by atoms with E-state index in [0.29, 0.717) is 0 Å². The van der Waals surface area contributed by atoms with Gasteiger partial charge in [-0.25, -0.2) is 0 Å². The van der Waals surface area contributed by atoms with E-state index in [9.17, 15) is 0 Å². The van der Waals surface area contributed by atoms with Gasteiger partial charge in [-0.3, -0.25) is 0 Å². The maximum absolute atomic E-state index is 2.80. The molecule has 0 aromatic carbocycles. The predicted molar refractivity (Wildman–Crippen MR) is 203 cm³/mol. The summed E-state index contributed by atoms with van der Waals surface area (Å²) in [5.74, 6) is 0. The van der Waals surface area contributed by atoms with Crippen LogP contribution in [0, 0.1) is 0 Å². The Morgan fingerprint density at radius 3 is 0.933 bits per heavy atom. The molecule has 0 N–H and O–H groups in total. The van der Waals surface area contributed by atoms with Gasteiger partial charge >= 0.3 is 0 Å². The van der Waals surface area contributed by atoms with Crippen LogP contribution in [0.4, 0.5) is 0 Å². The zero-order chi connectivity index (χ0) is 32.2. The van der Waals surface area contributed by atoms with Crippen molar-refractivity contribution in [3.8, 4) is 0 Å². The van der Waals surface area contributed by atoms with Crippen LogP contribution in [0.15, 0.2) is 24.3 Å². The van der Waals surface area contributed by atoms with Gasteiger partial charge in [0.25, 0.3) is 0 Å². The molecule has 2 nitrogen and oxygen atoms in total. The third-order valence-electron chi connectivity index (χ3n) is 9.28. The van der Waals surface area contributed by atoms with Crippen molar-refractivity contribution in [1.82, 2.24) is 4.90 Å². The van der Waals surface area contributed by atoms with Crippen LogP contribution in [0.3, 0.4) is 0 Å². The summed E-state index contributed by atoms with van der Waals surface area (Å²) in [6, 6.07) is 0. The van der Waals surface area contributed by atoms with Crippen molar-refractivity contribution in [2.75, 3.05) is 47.3 Å². The number of hydrogen-bond acceptors (Lipinski definition) is 1. The molecule has 270 valence electrons. The zero-order valence-electron chi connectivity index (χ0n) is 31.9. The first-order valence-corrected chi connectivity index (χ1v) is 20.3. The van der Waals surface area contributed by atoms with Gasteiger partial charge in [-0.2, -0.15) is 0 Å². The summed E-state index contributed by atoms with van der Waals surface area (Å²) in [5, 5.41) is 0. The first-order valence-electron chi connectivity index (χ1n) is 20.3. The van der Waals surface area contributed by atoms with Gasteiger partial charge < -0.3 is 21.8 Å². The highest BCUT2D eigenvalue weighted by molar-refractivity contribution is 4.82. The molecule has 0 atom stereocenters. The Hall–Kier alpha value is -0.310. The molecule has 0 aromatic rings. The van der Waals surface area contributed by atoms with Gasteiger partial charge in [0.1, 0.15) is 0 Å². The Bertz CT molecular complexity index is 552. The van der Waals surface area contributed by atoms with Crippen LogP contribution in [0.25, 0.3) is 0 Å². The van der Waals surface area contributed by atoms with Crippen LogP contribution >= 0.6 is 0 Å². The molecule has 0 spiro atoms. The lowest BCUT2D eigenvalue weighted by molar-refractivity contribution is -0.870. The van der Waals surface area contributed by atoms with Gasteiger partial charge in [0, 0.05) is 13.0 Å². The molecule has 0 aliphatic heterocycles. The number of quaternary nitrogens is 1. The Kier molecular flexibility index (Phi) is 39.7. The summed E-state index contributed by atoms with van der Waals surface area (Å²) in [7, 11) is 7.00. The summed E-state index contributed by atoms with van der Waals surface area (Å²) in [5.41, 5.74) is 0. The fourth-order valence-corrected chi connectivity index (χ4v) is 6.27. The summed E-state index contributed by atoms with van der Waals surface area (Å²) in [6.45, 7) is 9.83. The van der Waals surface area contributed by atoms with Gasteiger partial charge in [-0.15, -0.1) is 0 Å². The van der Waals surface area contributed by atoms with Crippen LogP contribution in [0.1, 0.15) is 200 Å². The van der Waals surface area contributed by atoms with E-state index in [2.05, 4.69) is 64.2 Å². The van der Waals surface area contributed by atoms with Gasteiger partial charge in [0.15, 0.2) is 0 Å². The average Bonchev–Trinajstić information content (AvgIpc) is 2.99. The summed E-state index contributed by atoms with van der Waals surface area (Å²) in [4.78, 5) is 2.80. The third-order valence-corrected chi connectivity index (χ3v) is 9.28. The topological polar surface area (TPSA) is 3.24 Å². The molecule has 0 aromatic heterocycles. The predicted octanol–water partition coefficient (Wildman–Crippen LogP) is 10.5. The quantitative estimate of drug-likeness (QED) is 0.0370. The molecule has 0 amide bonds. The fraction of sp³-hybridized carbons (Fsp3) is 0.905. The SMILES string of the molecule is CCCCCCCC/C=C\CCCCCCCCN(CCCCCCCC/C=C\CCCCCCCC)CCC[N+](C)(C)C.[Cl-]. The molecular weight excluding hydrogens is 568 g/mol. The fourth-order valence-electron chi connectivity index (χ4n) is 6.27. The highest BCUT2D eigenvalue weighted by atomic mass is 35.5. The minimum atomic E-state index is 0. The van der Waals surface area contributed by atoms with Crippen molar-refractivity contribution in [3.63, 3.8) is 0 Å². The van der Waals surface area contributed by atoms with Gasteiger partial charge in [-0.05, 0) is 77.3 Å². The van der Waals surface area contributed by atoms with Gasteiger partial charge in [0.05, 0.1) is 27.7 Å². The second kappa shape index (κ2) is 38.1. The minimum absolute atomic E-state index is 0. The van der Waals surface area contributed by atoms with Crippen LogP contribution in [0.2, 0.25) is 0 Å². The lowest BCUT2D eigenvalue weighted by Gasteiger charge is -2.27. The van der Waals surface area contributed by atoms with Crippen molar-refractivity contribution in [2.24, 2.45) is 0 Å². The molecular formula is C42H85ClN2. The van der Waals surface area contributed by atoms with Gasteiger partial charge in [0.2, 0.25) is 0 Å². The van der Waals surface area contributed by atoms with Gasteiger partial charge in [-0.1, -0.05) is 154 Å². The molecule has 45 heavy (non-hydrogen) atoms. The van der Waals surface area contributed by atoms with Crippen LogP contribution in [-0.2, 0) is 0 Å².